The molecule has 5 heteroatoms. The van der Waals surface area contributed by atoms with Crippen LogP contribution in [0.25, 0.3) is 22.3 Å². The number of benzene rings is 1. The van der Waals surface area contributed by atoms with Gasteiger partial charge in [-0.3, -0.25) is 4.79 Å². The number of likely N-dealkylation sites (tertiary alicyclic amines) is 1. The molecule has 5 nitrogen and oxygen atoms in total. The first-order valence-electron chi connectivity index (χ1n) is 10.2. The number of methoxy groups -OCH3 is 1. The van der Waals surface area contributed by atoms with E-state index >= 15 is 0 Å². The van der Waals surface area contributed by atoms with Crippen LogP contribution in [0.3, 0.4) is 0 Å². The molecular weight excluding hydrogens is 362 g/mol. The molecule has 1 aliphatic rings. The fourth-order valence-corrected chi connectivity index (χ4v) is 4.41. The Bertz CT molecular complexity index is 1080. The summed E-state index contributed by atoms with van der Waals surface area (Å²) in [6, 6.07) is 12.6. The lowest BCUT2D eigenvalue weighted by Crippen LogP contribution is -2.35. The minimum absolute atomic E-state index is 0.149. The average Bonchev–Trinajstić information content (AvgIpc) is 3.15. The number of carbonyl (C=O) groups excluding carboxylic acids is 1. The van der Waals surface area contributed by atoms with Crippen molar-refractivity contribution in [2.45, 2.75) is 46.1 Å². The van der Waals surface area contributed by atoms with Crippen molar-refractivity contribution in [3.63, 3.8) is 0 Å². The summed E-state index contributed by atoms with van der Waals surface area (Å²) in [5.74, 6) is 0.976. The van der Waals surface area contributed by atoms with Crippen molar-refractivity contribution in [1.82, 2.24) is 14.9 Å². The highest BCUT2D eigenvalue weighted by molar-refractivity contribution is 5.81. The van der Waals surface area contributed by atoms with Crippen LogP contribution in [0.15, 0.2) is 36.4 Å². The summed E-state index contributed by atoms with van der Waals surface area (Å²) in [5.41, 5.74) is 5.87. The van der Waals surface area contributed by atoms with Gasteiger partial charge in [0.15, 0.2) is 5.65 Å². The van der Waals surface area contributed by atoms with Crippen LogP contribution in [-0.4, -0.2) is 40.5 Å². The number of pyridine rings is 2. The van der Waals surface area contributed by atoms with Gasteiger partial charge in [0.05, 0.1) is 12.8 Å². The molecule has 0 N–H and O–H groups in total. The molecule has 1 aliphatic heterocycles. The molecule has 1 amide bonds. The highest BCUT2D eigenvalue weighted by atomic mass is 16.5. The van der Waals surface area contributed by atoms with Gasteiger partial charge in [0.1, 0.15) is 5.75 Å². The van der Waals surface area contributed by atoms with Crippen LogP contribution in [0.2, 0.25) is 0 Å². The largest absolute Gasteiger partial charge is 0.496 e. The second kappa shape index (κ2) is 7.82. The third-order valence-corrected chi connectivity index (χ3v) is 5.76. The van der Waals surface area contributed by atoms with E-state index in [1.807, 2.05) is 17.0 Å². The number of aryl methyl sites for hydroxylation is 2. The fraction of sp³-hybridized carbons (Fsp3) is 0.375. The third kappa shape index (κ3) is 3.82. The van der Waals surface area contributed by atoms with Crippen molar-refractivity contribution in [3.05, 3.63) is 53.2 Å². The predicted octanol–water partition coefficient (Wildman–Crippen LogP) is 4.48. The third-order valence-electron chi connectivity index (χ3n) is 5.76. The lowest BCUT2D eigenvalue weighted by Gasteiger charge is -2.23. The van der Waals surface area contributed by atoms with Crippen molar-refractivity contribution < 1.29 is 9.53 Å². The Morgan fingerprint density at radius 2 is 1.97 bits per heavy atom. The molecule has 1 fully saturated rings. The topological polar surface area (TPSA) is 55.3 Å². The molecule has 0 spiro atoms. The standard InChI is InChI=1S/C24H27N3O2/c1-15-12-16(2)23(22(13-15)29-4)21-10-8-18-7-9-19(25-24(18)26-21)14-20-6-5-11-27(20)17(3)28/h7-10,12-13,20H,5-6,11,14H2,1-4H3/t20-/m1/s1. The van der Waals surface area contributed by atoms with Crippen LogP contribution in [0, 0.1) is 13.8 Å². The number of aromatic nitrogens is 2. The Labute approximate surface area is 171 Å². The van der Waals surface area contributed by atoms with Gasteiger partial charge < -0.3 is 9.64 Å². The van der Waals surface area contributed by atoms with E-state index in [1.165, 1.54) is 0 Å². The normalized spacial score (nSPS) is 16.4. The summed E-state index contributed by atoms with van der Waals surface area (Å²) in [6.45, 7) is 6.64. The second-order valence-electron chi connectivity index (χ2n) is 7.92. The van der Waals surface area contributed by atoms with Crippen molar-refractivity contribution in [2.24, 2.45) is 0 Å². The molecule has 0 bridgehead atoms. The summed E-state index contributed by atoms with van der Waals surface area (Å²) in [4.78, 5) is 23.5. The minimum atomic E-state index is 0.149. The van der Waals surface area contributed by atoms with Crippen molar-refractivity contribution in [3.8, 4) is 17.0 Å². The molecule has 0 radical (unpaired) electrons. The van der Waals surface area contributed by atoms with E-state index in [4.69, 9.17) is 14.7 Å². The zero-order chi connectivity index (χ0) is 20.5. The van der Waals surface area contributed by atoms with Gasteiger partial charge in [-0.25, -0.2) is 9.97 Å². The maximum atomic E-state index is 11.9. The number of hydrogen-bond acceptors (Lipinski definition) is 4. The maximum absolute atomic E-state index is 11.9. The lowest BCUT2D eigenvalue weighted by molar-refractivity contribution is -0.129. The highest BCUT2D eigenvalue weighted by Crippen LogP contribution is 2.34. The molecule has 1 aromatic carbocycles. The van der Waals surface area contributed by atoms with Gasteiger partial charge in [-0.1, -0.05) is 6.07 Å². The van der Waals surface area contributed by atoms with Gasteiger partial charge in [0.25, 0.3) is 0 Å². The Balaban J connectivity index is 1.70. The Hall–Kier alpha value is -2.95. The van der Waals surface area contributed by atoms with Gasteiger partial charge in [-0.15, -0.1) is 0 Å². The highest BCUT2D eigenvalue weighted by Gasteiger charge is 2.27. The average molecular weight is 389 g/mol. The molecule has 0 unspecified atom stereocenters. The number of rotatable bonds is 4. The molecule has 1 atom stereocenters. The molecule has 150 valence electrons. The Kier molecular flexibility index (Phi) is 5.22. The Morgan fingerprint density at radius 3 is 2.72 bits per heavy atom. The van der Waals surface area contributed by atoms with E-state index in [1.54, 1.807) is 14.0 Å². The monoisotopic (exact) mass is 389 g/mol. The van der Waals surface area contributed by atoms with Crippen LogP contribution in [0.1, 0.15) is 36.6 Å². The zero-order valence-electron chi connectivity index (χ0n) is 17.5. The second-order valence-corrected chi connectivity index (χ2v) is 7.92. The quantitative estimate of drug-likeness (QED) is 0.660. The molecule has 2 aromatic heterocycles. The summed E-state index contributed by atoms with van der Waals surface area (Å²) in [6.07, 6.45) is 2.87. The van der Waals surface area contributed by atoms with Gasteiger partial charge in [0, 0.05) is 42.6 Å². The van der Waals surface area contributed by atoms with Crippen LogP contribution >= 0.6 is 0 Å². The first kappa shape index (κ1) is 19.4. The number of amides is 1. The molecule has 0 saturated carbocycles. The van der Waals surface area contributed by atoms with Gasteiger partial charge in [0.2, 0.25) is 5.91 Å². The smallest absolute Gasteiger partial charge is 0.219 e. The molecule has 0 aliphatic carbocycles. The zero-order valence-corrected chi connectivity index (χ0v) is 17.5. The van der Waals surface area contributed by atoms with E-state index in [0.29, 0.717) is 0 Å². The number of fused-ring (bicyclic) bond motifs is 1. The number of hydrogen-bond donors (Lipinski definition) is 0. The number of carbonyl (C=O) groups is 1. The van der Waals surface area contributed by atoms with Gasteiger partial charge in [-0.05, 0) is 68.1 Å². The first-order valence-corrected chi connectivity index (χ1v) is 10.2. The SMILES string of the molecule is COc1cc(C)cc(C)c1-c1ccc2ccc(C[C@H]3CCCN3C(C)=O)nc2n1. The van der Waals surface area contributed by atoms with Crippen LogP contribution in [-0.2, 0) is 11.2 Å². The molecule has 3 heterocycles. The summed E-state index contributed by atoms with van der Waals surface area (Å²) in [5, 5.41) is 1.01. The molecule has 29 heavy (non-hydrogen) atoms. The van der Waals surface area contributed by atoms with E-state index in [-0.39, 0.29) is 11.9 Å². The van der Waals surface area contributed by atoms with Crippen molar-refractivity contribution in [1.29, 1.82) is 0 Å². The number of nitrogens with zero attached hydrogens (tertiary/aromatic N) is 3. The lowest BCUT2D eigenvalue weighted by atomic mass is 10.0. The van der Waals surface area contributed by atoms with Gasteiger partial charge in [-0.2, -0.15) is 0 Å². The molecule has 4 rings (SSSR count). The molecule has 3 aromatic rings. The number of ether oxygens (including phenoxy) is 1. The van der Waals surface area contributed by atoms with Gasteiger partial charge >= 0.3 is 0 Å². The van der Waals surface area contributed by atoms with Crippen molar-refractivity contribution in [2.75, 3.05) is 13.7 Å². The maximum Gasteiger partial charge on any atom is 0.219 e. The van der Waals surface area contributed by atoms with E-state index < -0.39 is 0 Å². The van der Waals surface area contributed by atoms with Crippen LogP contribution in [0.5, 0.6) is 5.75 Å². The predicted molar refractivity (Wildman–Crippen MR) is 115 cm³/mol. The van der Waals surface area contributed by atoms with Crippen LogP contribution in [0.4, 0.5) is 0 Å². The molecule has 1 saturated heterocycles. The Morgan fingerprint density at radius 1 is 1.17 bits per heavy atom. The van der Waals surface area contributed by atoms with E-state index in [0.717, 1.165) is 70.7 Å². The van der Waals surface area contributed by atoms with Crippen molar-refractivity contribution >= 4 is 16.9 Å². The minimum Gasteiger partial charge on any atom is -0.496 e. The summed E-state index contributed by atoms with van der Waals surface area (Å²) in [7, 11) is 1.69. The van der Waals surface area contributed by atoms with Crippen LogP contribution < -0.4 is 4.74 Å². The summed E-state index contributed by atoms with van der Waals surface area (Å²) >= 11 is 0. The van der Waals surface area contributed by atoms with E-state index in [9.17, 15) is 4.79 Å². The van der Waals surface area contributed by atoms with E-state index in [2.05, 4.69) is 38.1 Å². The summed E-state index contributed by atoms with van der Waals surface area (Å²) < 4.78 is 5.62. The fourth-order valence-electron chi connectivity index (χ4n) is 4.41. The first-order chi connectivity index (χ1) is 14.0. The molecular formula is C24H27N3O2.